The van der Waals surface area contributed by atoms with Crippen LogP contribution in [0.1, 0.15) is 23.2 Å². The quantitative estimate of drug-likeness (QED) is 0.586. The van der Waals surface area contributed by atoms with Crippen molar-refractivity contribution in [2.75, 3.05) is 30.8 Å². The molecule has 6 N–H and O–H groups in total. The van der Waals surface area contributed by atoms with E-state index in [0.29, 0.717) is 49.5 Å². The molecule has 1 aromatic rings. The molecule has 0 saturated carbocycles. The molecule has 19 heavy (non-hydrogen) atoms. The van der Waals surface area contributed by atoms with Crippen molar-refractivity contribution in [2.24, 2.45) is 5.73 Å². The number of rotatable bonds is 4. The number of hydrogen-bond acceptors (Lipinski definition) is 5. The summed E-state index contributed by atoms with van der Waals surface area (Å²) in [5.74, 6) is -0.513. The molecule has 2 rings (SSSR count). The third-order valence-electron chi connectivity index (χ3n) is 3.37. The second-order valence-corrected chi connectivity index (χ2v) is 4.86. The minimum atomic E-state index is -0.771. The number of aliphatic hydroxyl groups is 1. The van der Waals surface area contributed by atoms with E-state index in [-0.39, 0.29) is 0 Å². The van der Waals surface area contributed by atoms with Crippen LogP contribution in [0, 0.1) is 0 Å². The molecule has 1 aliphatic heterocycles. The van der Waals surface area contributed by atoms with Gasteiger partial charge in [-0.1, -0.05) is 0 Å². The smallest absolute Gasteiger partial charge is 0.248 e. The Morgan fingerprint density at radius 2 is 2.11 bits per heavy atom. The van der Waals surface area contributed by atoms with Crippen molar-refractivity contribution in [1.82, 2.24) is 0 Å². The van der Waals surface area contributed by atoms with Gasteiger partial charge in [-0.2, -0.15) is 0 Å². The monoisotopic (exact) mass is 265 g/mol. The van der Waals surface area contributed by atoms with E-state index in [0.717, 1.165) is 0 Å². The number of benzene rings is 1. The number of nitrogen functional groups attached to an aromatic ring is 1. The van der Waals surface area contributed by atoms with Gasteiger partial charge in [0.2, 0.25) is 5.91 Å². The molecule has 1 saturated heterocycles. The van der Waals surface area contributed by atoms with E-state index in [1.54, 1.807) is 12.1 Å². The van der Waals surface area contributed by atoms with Gasteiger partial charge in [0, 0.05) is 38.2 Å². The van der Waals surface area contributed by atoms with Crippen LogP contribution < -0.4 is 16.8 Å². The van der Waals surface area contributed by atoms with Crippen molar-refractivity contribution in [3.8, 4) is 0 Å². The second-order valence-electron chi connectivity index (χ2n) is 4.86. The molecule has 1 aliphatic rings. The molecule has 6 heteroatoms. The standard InChI is InChI=1S/C13H19N3O3/c14-10-7-9(12(15)17)1-2-11(10)16-8-13(18)3-5-19-6-4-13/h1-2,7,16,18H,3-6,8,14H2,(H2,15,17). The van der Waals surface area contributed by atoms with Crippen molar-refractivity contribution in [1.29, 1.82) is 0 Å². The molecule has 1 heterocycles. The number of carbonyl (C=O) groups excluding carboxylic acids is 1. The van der Waals surface area contributed by atoms with E-state index < -0.39 is 11.5 Å². The Hall–Kier alpha value is -1.79. The maximum atomic E-state index is 11.0. The minimum absolute atomic E-state index is 0.368. The molecule has 1 fully saturated rings. The molecule has 6 nitrogen and oxygen atoms in total. The molecule has 0 spiro atoms. The SMILES string of the molecule is NC(=O)c1ccc(NCC2(O)CCOCC2)c(N)c1. The first-order valence-electron chi connectivity index (χ1n) is 6.23. The number of hydrogen-bond donors (Lipinski definition) is 4. The summed E-state index contributed by atoms with van der Waals surface area (Å²) in [4.78, 5) is 11.0. The third kappa shape index (κ3) is 3.36. The second kappa shape index (κ2) is 5.46. The lowest BCUT2D eigenvalue weighted by Crippen LogP contribution is -2.42. The lowest BCUT2D eigenvalue weighted by atomic mass is 9.94. The van der Waals surface area contributed by atoms with Crippen LogP contribution in [0.25, 0.3) is 0 Å². The maximum absolute atomic E-state index is 11.0. The van der Waals surface area contributed by atoms with Gasteiger partial charge in [0.25, 0.3) is 0 Å². The summed E-state index contributed by atoms with van der Waals surface area (Å²) in [5, 5.41) is 13.4. The summed E-state index contributed by atoms with van der Waals surface area (Å²) in [6, 6.07) is 4.83. The molecule has 0 radical (unpaired) electrons. The van der Waals surface area contributed by atoms with Crippen LogP contribution >= 0.6 is 0 Å². The van der Waals surface area contributed by atoms with Crippen LogP contribution in [0.4, 0.5) is 11.4 Å². The number of carbonyl (C=O) groups is 1. The van der Waals surface area contributed by atoms with Gasteiger partial charge in [0.05, 0.1) is 17.0 Å². The van der Waals surface area contributed by atoms with Crippen LogP contribution in [0.2, 0.25) is 0 Å². The normalized spacial score (nSPS) is 17.9. The molecule has 0 bridgehead atoms. The van der Waals surface area contributed by atoms with Crippen LogP contribution in [-0.4, -0.2) is 36.4 Å². The van der Waals surface area contributed by atoms with E-state index in [4.69, 9.17) is 16.2 Å². The van der Waals surface area contributed by atoms with Gasteiger partial charge in [0.1, 0.15) is 0 Å². The average molecular weight is 265 g/mol. The Balaban J connectivity index is 2.01. The Morgan fingerprint density at radius 1 is 1.42 bits per heavy atom. The highest BCUT2D eigenvalue weighted by atomic mass is 16.5. The van der Waals surface area contributed by atoms with E-state index >= 15 is 0 Å². The van der Waals surface area contributed by atoms with Crippen molar-refractivity contribution in [3.05, 3.63) is 23.8 Å². The zero-order valence-electron chi connectivity index (χ0n) is 10.7. The highest BCUT2D eigenvalue weighted by Gasteiger charge is 2.29. The summed E-state index contributed by atoms with van der Waals surface area (Å²) >= 11 is 0. The minimum Gasteiger partial charge on any atom is -0.397 e. The Kier molecular flexibility index (Phi) is 3.92. The van der Waals surface area contributed by atoms with Crippen LogP contribution in [0.5, 0.6) is 0 Å². The van der Waals surface area contributed by atoms with Crippen molar-refractivity contribution < 1.29 is 14.6 Å². The lowest BCUT2D eigenvalue weighted by molar-refractivity contribution is -0.0543. The van der Waals surface area contributed by atoms with Gasteiger partial charge < -0.3 is 26.6 Å². The van der Waals surface area contributed by atoms with Crippen LogP contribution in [0.15, 0.2) is 18.2 Å². The van der Waals surface area contributed by atoms with Crippen molar-refractivity contribution in [3.63, 3.8) is 0 Å². The van der Waals surface area contributed by atoms with Gasteiger partial charge >= 0.3 is 0 Å². The molecule has 1 aromatic carbocycles. The maximum Gasteiger partial charge on any atom is 0.248 e. The summed E-state index contributed by atoms with van der Waals surface area (Å²) in [6.45, 7) is 1.53. The molecular formula is C13H19N3O3. The van der Waals surface area contributed by atoms with Gasteiger partial charge in [-0.05, 0) is 18.2 Å². The number of primary amides is 1. The molecular weight excluding hydrogens is 246 g/mol. The fourth-order valence-electron chi connectivity index (χ4n) is 2.06. The highest BCUT2D eigenvalue weighted by Crippen LogP contribution is 2.24. The van der Waals surface area contributed by atoms with E-state index in [9.17, 15) is 9.90 Å². The largest absolute Gasteiger partial charge is 0.397 e. The fraction of sp³-hybridized carbons (Fsp3) is 0.462. The van der Waals surface area contributed by atoms with Crippen molar-refractivity contribution in [2.45, 2.75) is 18.4 Å². The molecule has 1 amide bonds. The van der Waals surface area contributed by atoms with E-state index in [1.165, 1.54) is 6.07 Å². The number of ether oxygens (including phenoxy) is 1. The first-order valence-corrected chi connectivity index (χ1v) is 6.23. The predicted molar refractivity (Wildman–Crippen MR) is 72.9 cm³/mol. The molecule has 0 aromatic heterocycles. The zero-order chi connectivity index (χ0) is 13.9. The van der Waals surface area contributed by atoms with E-state index in [1.807, 2.05) is 0 Å². The lowest BCUT2D eigenvalue weighted by Gasteiger charge is -2.32. The number of nitrogens with one attached hydrogen (secondary N) is 1. The number of nitrogens with two attached hydrogens (primary N) is 2. The summed E-state index contributed by atoms with van der Waals surface area (Å²) in [6.07, 6.45) is 1.19. The van der Waals surface area contributed by atoms with Gasteiger partial charge in [-0.3, -0.25) is 4.79 Å². The van der Waals surface area contributed by atoms with Gasteiger partial charge in [-0.25, -0.2) is 0 Å². The summed E-state index contributed by atoms with van der Waals surface area (Å²) < 4.78 is 5.22. The topological polar surface area (TPSA) is 111 Å². The zero-order valence-corrected chi connectivity index (χ0v) is 10.7. The summed E-state index contributed by atoms with van der Waals surface area (Å²) in [7, 11) is 0. The Morgan fingerprint density at radius 3 is 2.68 bits per heavy atom. The molecule has 0 atom stereocenters. The van der Waals surface area contributed by atoms with Crippen LogP contribution in [-0.2, 0) is 4.74 Å². The molecule has 104 valence electrons. The molecule has 0 aliphatic carbocycles. The first-order chi connectivity index (χ1) is 9.00. The summed E-state index contributed by atoms with van der Waals surface area (Å²) in [5.41, 5.74) is 11.7. The first kappa shape index (κ1) is 13.6. The average Bonchev–Trinajstić information content (AvgIpc) is 2.38. The van der Waals surface area contributed by atoms with E-state index in [2.05, 4.69) is 5.32 Å². The van der Waals surface area contributed by atoms with Gasteiger partial charge in [0.15, 0.2) is 0 Å². The highest BCUT2D eigenvalue weighted by molar-refractivity contribution is 5.94. The third-order valence-corrected chi connectivity index (χ3v) is 3.37. The predicted octanol–water partition coefficient (Wildman–Crippen LogP) is 0.321. The van der Waals surface area contributed by atoms with Crippen molar-refractivity contribution >= 4 is 17.3 Å². The van der Waals surface area contributed by atoms with Crippen LogP contribution in [0.3, 0.4) is 0 Å². The van der Waals surface area contributed by atoms with Gasteiger partial charge in [-0.15, -0.1) is 0 Å². The number of amides is 1. The fourth-order valence-corrected chi connectivity index (χ4v) is 2.06. The Labute approximate surface area is 111 Å². The Bertz CT molecular complexity index is 470. The number of anilines is 2. The molecule has 0 unspecified atom stereocenters.